The average Bonchev–Trinajstić information content (AvgIpc) is 2.15. The van der Waals surface area contributed by atoms with E-state index in [-0.39, 0.29) is 12.4 Å². The molecule has 1 aliphatic rings. The van der Waals surface area contributed by atoms with Gasteiger partial charge in [0, 0.05) is 6.42 Å². The highest BCUT2D eigenvalue weighted by Gasteiger charge is 2.09. The molecule has 0 aromatic heterocycles. The second-order valence-electron chi connectivity index (χ2n) is 3.09. The Morgan fingerprint density at radius 3 is 2.54 bits per heavy atom. The maximum absolute atomic E-state index is 11.0. The van der Waals surface area contributed by atoms with E-state index < -0.39 is 6.16 Å². The van der Waals surface area contributed by atoms with Gasteiger partial charge in [-0.2, -0.15) is 0 Å². The summed E-state index contributed by atoms with van der Waals surface area (Å²) in [6, 6.07) is 0. The van der Waals surface area contributed by atoms with E-state index in [1.165, 1.54) is 0 Å². The lowest BCUT2D eigenvalue weighted by Gasteiger charge is -2.02. The molecule has 0 unspecified atom stereocenters. The van der Waals surface area contributed by atoms with E-state index in [1.807, 2.05) is 0 Å². The van der Waals surface area contributed by atoms with Crippen molar-refractivity contribution in [3.05, 3.63) is 0 Å². The first-order valence-electron chi connectivity index (χ1n) is 4.60. The lowest BCUT2D eigenvalue weighted by atomic mass is 10.1. The highest BCUT2D eigenvalue weighted by atomic mass is 16.7. The summed E-state index contributed by atoms with van der Waals surface area (Å²) in [5, 5.41) is 0. The summed E-state index contributed by atoms with van der Waals surface area (Å²) in [5.41, 5.74) is 0. The van der Waals surface area contributed by atoms with E-state index in [4.69, 9.17) is 4.74 Å². The molecule has 0 aliphatic carbocycles. The molecule has 0 amide bonds. The number of ether oxygens (including phenoxy) is 2. The van der Waals surface area contributed by atoms with Crippen molar-refractivity contribution >= 4 is 11.9 Å². The van der Waals surface area contributed by atoms with Crippen molar-refractivity contribution in [2.75, 3.05) is 13.2 Å². The second-order valence-corrected chi connectivity index (χ2v) is 3.09. The Morgan fingerprint density at radius 2 is 1.69 bits per heavy atom. The van der Waals surface area contributed by atoms with Gasteiger partial charge >= 0.3 is 6.16 Å². The van der Waals surface area contributed by atoms with Gasteiger partial charge in [-0.1, -0.05) is 12.8 Å². The van der Waals surface area contributed by atoms with Crippen LogP contribution in [0.2, 0.25) is 0 Å². The van der Waals surface area contributed by atoms with Crippen molar-refractivity contribution in [2.45, 2.75) is 32.1 Å². The molecule has 0 spiro atoms. The molecule has 1 heterocycles. The van der Waals surface area contributed by atoms with Crippen LogP contribution in [0.1, 0.15) is 32.1 Å². The maximum Gasteiger partial charge on any atom is 0.508 e. The highest BCUT2D eigenvalue weighted by Crippen LogP contribution is 2.06. The molecular weight excluding hydrogens is 172 g/mol. The minimum absolute atomic E-state index is 0.0288. The molecule has 1 aliphatic heterocycles. The molecule has 1 fully saturated rings. The van der Waals surface area contributed by atoms with Crippen molar-refractivity contribution in [1.82, 2.24) is 0 Å². The van der Waals surface area contributed by atoms with Crippen molar-refractivity contribution in [1.29, 1.82) is 0 Å². The van der Waals surface area contributed by atoms with Gasteiger partial charge in [0.25, 0.3) is 0 Å². The quantitative estimate of drug-likeness (QED) is 0.540. The minimum atomic E-state index is -0.727. The molecular formula is C9H14O4. The number of carbonyl (C=O) groups excluding carboxylic acids is 2. The monoisotopic (exact) mass is 186 g/mol. The Bertz CT molecular complexity index is 168. The normalized spacial score (nSPS) is 21.2. The Morgan fingerprint density at radius 1 is 0.923 bits per heavy atom. The highest BCUT2D eigenvalue weighted by molar-refractivity contribution is 5.81. The van der Waals surface area contributed by atoms with Crippen LogP contribution in [-0.4, -0.2) is 25.2 Å². The standard InChI is InChI=1S/C9H14O4/c10-8-5-3-1-2-4-6-12-9(11)13-7-8/h1-7H2. The van der Waals surface area contributed by atoms with Crippen LogP contribution in [-0.2, 0) is 14.3 Å². The lowest BCUT2D eigenvalue weighted by molar-refractivity contribution is -0.122. The summed E-state index contributed by atoms with van der Waals surface area (Å²) in [7, 11) is 0. The smallest absolute Gasteiger partial charge is 0.434 e. The first-order chi connectivity index (χ1) is 6.29. The Hall–Kier alpha value is -1.06. The van der Waals surface area contributed by atoms with Crippen LogP contribution in [0.3, 0.4) is 0 Å². The molecule has 1 rings (SSSR count). The molecule has 0 aromatic rings. The maximum atomic E-state index is 11.0. The Labute approximate surface area is 77.2 Å². The molecule has 0 atom stereocenters. The molecule has 4 heteroatoms. The van der Waals surface area contributed by atoms with Crippen molar-refractivity contribution < 1.29 is 19.1 Å². The number of Topliss-reactive ketones (excluding diaryl/α,β-unsaturated/α-hetero) is 1. The number of cyclic esters (lactones) is 2. The molecule has 13 heavy (non-hydrogen) atoms. The van der Waals surface area contributed by atoms with Gasteiger partial charge in [-0.25, -0.2) is 4.79 Å². The molecule has 0 N–H and O–H groups in total. The van der Waals surface area contributed by atoms with Crippen molar-refractivity contribution in [3.8, 4) is 0 Å². The summed E-state index contributed by atoms with van der Waals surface area (Å²) in [5.74, 6) is -0.0288. The zero-order valence-corrected chi connectivity index (χ0v) is 7.58. The SMILES string of the molecule is O=C1CCCCCCOC(=O)OC1. The topological polar surface area (TPSA) is 52.6 Å². The number of rotatable bonds is 0. The van der Waals surface area contributed by atoms with Gasteiger partial charge in [-0.15, -0.1) is 0 Å². The third-order valence-corrected chi connectivity index (χ3v) is 1.92. The van der Waals surface area contributed by atoms with Gasteiger partial charge in [0.05, 0.1) is 6.61 Å². The third kappa shape index (κ3) is 4.50. The largest absolute Gasteiger partial charge is 0.508 e. The van der Waals surface area contributed by atoms with E-state index in [2.05, 4.69) is 4.74 Å². The molecule has 4 nitrogen and oxygen atoms in total. The third-order valence-electron chi connectivity index (χ3n) is 1.92. The molecule has 1 saturated heterocycles. The van der Waals surface area contributed by atoms with Gasteiger partial charge in [0.15, 0.2) is 12.4 Å². The average molecular weight is 186 g/mol. The Balaban J connectivity index is 2.32. The van der Waals surface area contributed by atoms with Gasteiger partial charge in [-0.3, -0.25) is 4.79 Å². The predicted octanol–water partition coefficient (Wildman–Crippen LogP) is 1.67. The van der Waals surface area contributed by atoms with Crippen molar-refractivity contribution in [2.24, 2.45) is 0 Å². The fourth-order valence-electron chi connectivity index (χ4n) is 1.19. The van der Waals surface area contributed by atoms with Gasteiger partial charge in [0.1, 0.15) is 0 Å². The van der Waals surface area contributed by atoms with E-state index in [0.717, 1.165) is 25.7 Å². The number of hydrogen-bond donors (Lipinski definition) is 0. The van der Waals surface area contributed by atoms with E-state index in [1.54, 1.807) is 0 Å². The number of ketones is 1. The van der Waals surface area contributed by atoms with Gasteiger partial charge in [0.2, 0.25) is 0 Å². The summed E-state index contributed by atoms with van der Waals surface area (Å²) in [4.78, 5) is 21.8. The van der Waals surface area contributed by atoms with E-state index >= 15 is 0 Å². The van der Waals surface area contributed by atoms with Crippen LogP contribution in [0.25, 0.3) is 0 Å². The molecule has 0 aromatic carbocycles. The minimum Gasteiger partial charge on any atom is -0.434 e. The number of hydrogen-bond acceptors (Lipinski definition) is 4. The van der Waals surface area contributed by atoms with Crippen LogP contribution in [0.4, 0.5) is 4.79 Å². The summed E-state index contributed by atoms with van der Waals surface area (Å²) >= 11 is 0. The van der Waals surface area contributed by atoms with Crippen LogP contribution >= 0.6 is 0 Å². The second kappa shape index (κ2) is 5.56. The molecule has 0 saturated carbocycles. The zero-order valence-electron chi connectivity index (χ0n) is 7.58. The Kier molecular flexibility index (Phi) is 4.29. The lowest BCUT2D eigenvalue weighted by Crippen LogP contribution is -2.14. The van der Waals surface area contributed by atoms with Crippen LogP contribution < -0.4 is 0 Å². The molecule has 0 radical (unpaired) electrons. The number of carbonyl (C=O) groups is 2. The zero-order chi connectivity index (χ0) is 9.52. The summed E-state index contributed by atoms with van der Waals surface area (Å²) in [6.07, 6.45) is 3.53. The molecule has 74 valence electrons. The van der Waals surface area contributed by atoms with Crippen LogP contribution in [0.15, 0.2) is 0 Å². The summed E-state index contributed by atoms with van der Waals surface area (Å²) < 4.78 is 9.28. The van der Waals surface area contributed by atoms with Gasteiger partial charge < -0.3 is 9.47 Å². The first-order valence-corrected chi connectivity index (χ1v) is 4.60. The first kappa shape index (κ1) is 10.0. The van der Waals surface area contributed by atoms with Crippen LogP contribution in [0, 0.1) is 0 Å². The van der Waals surface area contributed by atoms with E-state index in [0.29, 0.717) is 13.0 Å². The predicted molar refractivity (Wildman–Crippen MR) is 45.4 cm³/mol. The van der Waals surface area contributed by atoms with Crippen LogP contribution in [0.5, 0.6) is 0 Å². The fraction of sp³-hybridized carbons (Fsp3) is 0.778. The van der Waals surface area contributed by atoms with E-state index in [9.17, 15) is 9.59 Å². The van der Waals surface area contributed by atoms with Gasteiger partial charge in [-0.05, 0) is 12.8 Å². The molecule has 0 bridgehead atoms. The van der Waals surface area contributed by atoms with Crippen molar-refractivity contribution in [3.63, 3.8) is 0 Å². The summed E-state index contributed by atoms with van der Waals surface area (Å²) in [6.45, 7) is 0.256. The fourth-order valence-corrected chi connectivity index (χ4v) is 1.19.